The van der Waals surface area contributed by atoms with Gasteiger partial charge in [-0.05, 0) is 70.6 Å². The first-order chi connectivity index (χ1) is 17.5. The summed E-state index contributed by atoms with van der Waals surface area (Å²) in [5.41, 5.74) is 2.35. The molecule has 5 aliphatic rings. The maximum atomic E-state index is 16.5. The highest BCUT2D eigenvalue weighted by Gasteiger charge is 2.39. The number of morpholine rings is 1. The number of ether oxygens (including phenoxy) is 2. The van der Waals surface area contributed by atoms with Gasteiger partial charge in [-0.1, -0.05) is 6.07 Å². The zero-order chi connectivity index (χ0) is 24.8. The number of pyridine rings is 1. The lowest BCUT2D eigenvalue weighted by atomic mass is 9.86. The van der Waals surface area contributed by atoms with Gasteiger partial charge in [0.25, 0.3) is 0 Å². The number of nitrogens with one attached hydrogen (secondary N) is 1. The van der Waals surface area contributed by atoms with Crippen LogP contribution >= 0.6 is 0 Å². The van der Waals surface area contributed by atoms with Crippen LogP contribution in [0.1, 0.15) is 57.9 Å². The highest BCUT2D eigenvalue weighted by atomic mass is 19.1. The molecule has 1 saturated carbocycles. The molecule has 7 nitrogen and oxygen atoms in total. The normalized spacial score (nSPS) is 27.3. The highest BCUT2D eigenvalue weighted by Crippen LogP contribution is 2.44. The van der Waals surface area contributed by atoms with E-state index in [4.69, 9.17) is 9.47 Å². The van der Waals surface area contributed by atoms with Crippen molar-refractivity contribution in [2.45, 2.75) is 83.3 Å². The fraction of sp³-hybridized carbons (Fsp3) is 0.571. The van der Waals surface area contributed by atoms with Crippen molar-refractivity contribution in [3.05, 3.63) is 41.8 Å². The number of amides is 1. The van der Waals surface area contributed by atoms with Crippen LogP contribution in [0.25, 0.3) is 0 Å². The molecule has 1 N–H and O–H groups in total. The molecule has 1 aromatic carbocycles. The van der Waals surface area contributed by atoms with Crippen molar-refractivity contribution < 1.29 is 18.7 Å². The Morgan fingerprint density at radius 1 is 1.17 bits per heavy atom. The average Bonchev–Trinajstić information content (AvgIpc) is 3.06. The van der Waals surface area contributed by atoms with Gasteiger partial charge in [-0.25, -0.2) is 9.37 Å². The van der Waals surface area contributed by atoms with Crippen LogP contribution in [0.15, 0.2) is 30.5 Å². The monoisotopic (exact) mass is 494 g/mol. The molecule has 1 aromatic heterocycles. The molecule has 5 heterocycles. The van der Waals surface area contributed by atoms with Gasteiger partial charge in [0, 0.05) is 24.2 Å². The smallest absolute Gasteiger partial charge is 0.230 e. The Morgan fingerprint density at radius 3 is 2.69 bits per heavy atom. The first-order valence-corrected chi connectivity index (χ1v) is 13.4. The topological polar surface area (TPSA) is 66.9 Å². The molecule has 3 saturated heterocycles. The number of aromatic nitrogens is 1. The number of anilines is 4. The average molecular weight is 495 g/mol. The minimum absolute atomic E-state index is 0.0164. The second-order valence-electron chi connectivity index (χ2n) is 10.9. The summed E-state index contributed by atoms with van der Waals surface area (Å²) >= 11 is 0. The van der Waals surface area contributed by atoms with Crippen molar-refractivity contribution in [2.24, 2.45) is 5.92 Å². The lowest BCUT2D eigenvalue weighted by Gasteiger charge is -2.46. The van der Waals surface area contributed by atoms with Gasteiger partial charge in [0.05, 0.1) is 48.9 Å². The van der Waals surface area contributed by atoms with Crippen molar-refractivity contribution in [2.75, 3.05) is 28.3 Å². The Bertz CT molecular complexity index is 1130. The third-order valence-corrected chi connectivity index (χ3v) is 8.09. The molecular weight excluding hydrogens is 459 g/mol. The largest absolute Gasteiger partial charge is 0.376 e. The van der Waals surface area contributed by atoms with E-state index < -0.39 is 0 Å². The van der Waals surface area contributed by atoms with Gasteiger partial charge >= 0.3 is 0 Å². The predicted molar refractivity (Wildman–Crippen MR) is 137 cm³/mol. The summed E-state index contributed by atoms with van der Waals surface area (Å²) in [7, 11) is 0. The van der Waals surface area contributed by atoms with Crippen molar-refractivity contribution >= 4 is 28.8 Å². The van der Waals surface area contributed by atoms with Gasteiger partial charge in [-0.15, -0.1) is 0 Å². The molecule has 1 aliphatic carbocycles. The Morgan fingerprint density at radius 2 is 2.00 bits per heavy atom. The lowest BCUT2D eigenvalue weighted by molar-refractivity contribution is -0.124. The molecule has 36 heavy (non-hydrogen) atoms. The molecule has 4 fully saturated rings. The number of nitrogens with zero attached hydrogens (tertiary/aromatic N) is 3. The standard InChI is InChI=1S/C28H35FN4O3/c1-17(2)36-21-8-5-18(6-9-21)28(34)33-14-19-4-3-13-30-27(19)31-23-11-12-24(25(29)26(23)33)32-15-22-10-7-20(32)16-35-22/h3-4,11-13,17-18,20-22H,5-10,14-16H2,1-2H3,(H,30,31). The van der Waals surface area contributed by atoms with Gasteiger partial charge in [-0.3, -0.25) is 4.79 Å². The third-order valence-electron chi connectivity index (χ3n) is 8.09. The van der Waals surface area contributed by atoms with E-state index in [-0.39, 0.29) is 42.0 Å². The van der Waals surface area contributed by atoms with E-state index >= 15 is 4.39 Å². The number of hydrogen-bond acceptors (Lipinski definition) is 6. The van der Waals surface area contributed by atoms with Crippen molar-refractivity contribution in [1.82, 2.24) is 4.98 Å². The zero-order valence-corrected chi connectivity index (χ0v) is 21.1. The first kappa shape index (κ1) is 23.7. The maximum absolute atomic E-state index is 16.5. The fourth-order valence-electron chi connectivity index (χ4n) is 6.28. The number of hydrogen-bond donors (Lipinski definition) is 1. The Kier molecular flexibility index (Phi) is 6.33. The first-order valence-electron chi connectivity index (χ1n) is 13.4. The minimum atomic E-state index is -0.342. The van der Waals surface area contributed by atoms with Crippen LogP contribution in [-0.4, -0.2) is 48.4 Å². The summed E-state index contributed by atoms with van der Waals surface area (Å²) in [5, 5.41) is 3.32. The third kappa shape index (κ3) is 4.34. The molecule has 8 heteroatoms. The van der Waals surface area contributed by atoms with Crippen molar-refractivity contribution in [3.63, 3.8) is 0 Å². The van der Waals surface area contributed by atoms with E-state index in [0.29, 0.717) is 42.6 Å². The van der Waals surface area contributed by atoms with Gasteiger partial charge in [-0.2, -0.15) is 0 Å². The summed E-state index contributed by atoms with van der Waals surface area (Å²) in [5.74, 6) is 0.161. The van der Waals surface area contributed by atoms with E-state index in [1.807, 2.05) is 38.1 Å². The SMILES string of the molecule is CC(C)OC1CCC(C(=O)N2Cc3cccnc3Nc3ccc(N4CC5CCC4CO5)c(F)c32)CC1. The summed E-state index contributed by atoms with van der Waals surface area (Å²) in [6, 6.07) is 7.72. The molecule has 2 unspecified atom stereocenters. The minimum Gasteiger partial charge on any atom is -0.376 e. The second-order valence-corrected chi connectivity index (χ2v) is 10.9. The number of benzene rings is 1. The number of halogens is 1. The van der Waals surface area contributed by atoms with Gasteiger partial charge in [0.15, 0.2) is 5.82 Å². The van der Waals surface area contributed by atoms with E-state index in [0.717, 1.165) is 44.1 Å². The number of carbonyl (C=O) groups is 1. The number of rotatable bonds is 4. The van der Waals surface area contributed by atoms with Crippen molar-refractivity contribution in [1.29, 1.82) is 0 Å². The van der Waals surface area contributed by atoms with Crippen molar-refractivity contribution in [3.8, 4) is 0 Å². The van der Waals surface area contributed by atoms with Gasteiger partial charge in [0.1, 0.15) is 11.5 Å². The van der Waals surface area contributed by atoms with Crippen LogP contribution < -0.4 is 15.1 Å². The van der Waals surface area contributed by atoms with Crippen LogP contribution in [0, 0.1) is 11.7 Å². The summed E-state index contributed by atoms with van der Waals surface area (Å²) in [4.78, 5) is 22.3. The molecule has 1 amide bonds. The molecule has 192 valence electrons. The van der Waals surface area contributed by atoms with Crippen LogP contribution in [0.3, 0.4) is 0 Å². The molecular formula is C28H35FN4O3. The summed E-state index contributed by atoms with van der Waals surface area (Å²) in [6.07, 6.45) is 7.46. The Balaban J connectivity index is 1.34. The summed E-state index contributed by atoms with van der Waals surface area (Å²) in [6.45, 7) is 5.69. The highest BCUT2D eigenvalue weighted by molar-refractivity contribution is 6.00. The van der Waals surface area contributed by atoms with Crippen LogP contribution in [0.2, 0.25) is 0 Å². The second kappa shape index (κ2) is 9.63. The molecule has 2 aromatic rings. The van der Waals surface area contributed by atoms with E-state index in [1.165, 1.54) is 0 Å². The fourth-order valence-corrected chi connectivity index (χ4v) is 6.28. The molecule has 0 radical (unpaired) electrons. The molecule has 2 atom stereocenters. The van der Waals surface area contributed by atoms with Gasteiger partial charge in [0.2, 0.25) is 5.91 Å². The van der Waals surface area contributed by atoms with Crippen LogP contribution in [0.4, 0.5) is 27.3 Å². The lowest BCUT2D eigenvalue weighted by Crippen LogP contribution is -2.55. The van der Waals surface area contributed by atoms with E-state index in [1.54, 1.807) is 11.1 Å². The maximum Gasteiger partial charge on any atom is 0.230 e. The number of piperidine rings is 1. The zero-order valence-electron chi connectivity index (χ0n) is 21.1. The van der Waals surface area contributed by atoms with Gasteiger partial charge < -0.3 is 24.6 Å². The molecule has 4 aliphatic heterocycles. The molecule has 7 rings (SSSR count). The van der Waals surface area contributed by atoms with Crippen LogP contribution in [-0.2, 0) is 20.8 Å². The summed E-state index contributed by atoms with van der Waals surface area (Å²) < 4.78 is 28.3. The Hall–Kier alpha value is -2.71. The molecule has 0 spiro atoms. The van der Waals surface area contributed by atoms with E-state index in [9.17, 15) is 4.79 Å². The number of fused-ring (bicyclic) bond motifs is 5. The van der Waals surface area contributed by atoms with Crippen LogP contribution in [0.5, 0.6) is 0 Å². The number of carbonyl (C=O) groups excluding carboxylic acids is 1. The molecule has 2 bridgehead atoms. The predicted octanol–water partition coefficient (Wildman–Crippen LogP) is 5.16. The van der Waals surface area contributed by atoms with E-state index in [2.05, 4.69) is 15.2 Å². The quantitative estimate of drug-likeness (QED) is 0.633. The Labute approximate surface area is 212 Å².